The van der Waals surface area contributed by atoms with Crippen molar-refractivity contribution in [1.82, 2.24) is 14.5 Å². The maximum Gasteiger partial charge on any atom is 0.161 e. The molecule has 14 aromatic rings. The Hall–Kier alpha value is -8.78. The van der Waals surface area contributed by atoms with Crippen LogP contribution in [-0.4, -0.2) is 20.8 Å². The largest absolute Gasteiger partial charge is 0.455 e. The number of nitrogens with zero attached hydrogens (tertiary/aromatic N) is 4. The van der Waals surface area contributed by atoms with Gasteiger partial charge in [0.25, 0.3) is 0 Å². The van der Waals surface area contributed by atoms with Gasteiger partial charge in [0.05, 0.1) is 27.6 Å². The minimum atomic E-state index is -0.484. The second kappa shape index (κ2) is 14.4. The summed E-state index contributed by atoms with van der Waals surface area (Å²) in [5.74, 6) is 1.33. The zero-order chi connectivity index (χ0) is 44.5. The number of hydrogen-bond donors (Lipinski definition) is 1. The average molecular weight is 888 g/mol. The van der Waals surface area contributed by atoms with E-state index >= 15 is 0 Å². The van der Waals surface area contributed by atoms with Gasteiger partial charge in [-0.1, -0.05) is 146 Å². The molecule has 1 aliphatic rings. The normalized spacial score (nSPS) is 14.3. The van der Waals surface area contributed by atoms with Crippen molar-refractivity contribution in [2.45, 2.75) is 6.17 Å². The molecule has 0 bridgehead atoms. The SMILES string of the molecule is c1ccc(-n2c3ccccc3c3cccc(C4=NC(c5cccc6c5sc5ccccc56)NC(c5cc(-n6c7ccccc7c7cc8ccccc8cc76)cc6c5oc5ccccc56)=N4)c32)cc1. The minimum Gasteiger partial charge on any atom is -0.455 e. The van der Waals surface area contributed by atoms with Gasteiger partial charge in [0.2, 0.25) is 0 Å². The van der Waals surface area contributed by atoms with Gasteiger partial charge in [-0.25, -0.2) is 9.98 Å². The molecule has 10 aromatic carbocycles. The summed E-state index contributed by atoms with van der Waals surface area (Å²) in [6.07, 6.45) is -0.484. The number of benzene rings is 10. The smallest absolute Gasteiger partial charge is 0.161 e. The predicted octanol–water partition coefficient (Wildman–Crippen LogP) is 15.8. The molecule has 15 rings (SSSR count). The number of aliphatic imine (C=N–C) groups is 2. The highest BCUT2D eigenvalue weighted by molar-refractivity contribution is 7.26. The number of thiophene rings is 1. The van der Waals surface area contributed by atoms with Gasteiger partial charge < -0.3 is 18.9 Å². The highest BCUT2D eigenvalue weighted by Gasteiger charge is 2.29. The molecule has 5 heterocycles. The zero-order valence-electron chi connectivity index (χ0n) is 36.4. The summed E-state index contributed by atoms with van der Waals surface area (Å²) >= 11 is 1.82. The summed E-state index contributed by atoms with van der Waals surface area (Å²) in [6.45, 7) is 0. The highest BCUT2D eigenvalue weighted by Crippen LogP contribution is 2.43. The van der Waals surface area contributed by atoms with Crippen molar-refractivity contribution in [3.63, 3.8) is 0 Å². The van der Waals surface area contributed by atoms with E-state index in [2.05, 4.69) is 221 Å². The lowest BCUT2D eigenvalue weighted by molar-refractivity contribution is 0.661. The first kappa shape index (κ1) is 37.4. The molecule has 0 amide bonds. The van der Waals surface area contributed by atoms with Crippen molar-refractivity contribution in [2.24, 2.45) is 9.98 Å². The minimum absolute atomic E-state index is 0.484. The van der Waals surface area contributed by atoms with Gasteiger partial charge in [0.15, 0.2) is 5.84 Å². The quantitative estimate of drug-likeness (QED) is 0.187. The van der Waals surface area contributed by atoms with Crippen LogP contribution >= 0.6 is 11.3 Å². The molecule has 1 aliphatic heterocycles. The third kappa shape index (κ3) is 5.45. The van der Waals surface area contributed by atoms with Crippen LogP contribution in [-0.2, 0) is 0 Å². The van der Waals surface area contributed by atoms with Gasteiger partial charge in [-0.15, -0.1) is 11.3 Å². The molecular formula is C61H37N5OS. The number of rotatable bonds is 5. The molecule has 6 nitrogen and oxygen atoms in total. The fraction of sp³-hybridized carbons (Fsp3) is 0.0164. The van der Waals surface area contributed by atoms with Gasteiger partial charge in [0, 0.05) is 75.0 Å². The van der Waals surface area contributed by atoms with Crippen LogP contribution in [0, 0.1) is 0 Å². The molecule has 0 radical (unpaired) electrons. The standard InChI is InChI=1S/C61H37N5OS/c1-2-18-38(19-3-1)66-52-29-11-6-20-40(52)44-24-14-26-46(56(44)66)59-62-60(47-27-15-25-45-43-23-9-13-31-55(43)68-58(45)47)64-61(63-59)50-35-39(34-49-42-22-8-12-30-54(42)67-57(49)50)65-51-28-10-7-21-41(51)48-32-36-16-4-5-17-37(36)33-53(48)65/h1-35,60H,(H,62,63,64). The van der Waals surface area contributed by atoms with Crippen molar-refractivity contribution in [3.05, 3.63) is 229 Å². The highest BCUT2D eigenvalue weighted by atomic mass is 32.1. The number of fused-ring (bicyclic) bond motifs is 13. The third-order valence-corrected chi connectivity index (χ3v) is 15.2. The summed E-state index contributed by atoms with van der Waals surface area (Å²) in [4.78, 5) is 11.3. The van der Waals surface area contributed by atoms with Crippen molar-refractivity contribution >= 4 is 120 Å². The molecule has 0 aliphatic carbocycles. The lowest BCUT2D eigenvalue weighted by Crippen LogP contribution is -2.34. The third-order valence-electron chi connectivity index (χ3n) is 13.9. The van der Waals surface area contributed by atoms with Crippen LogP contribution in [0.3, 0.4) is 0 Å². The summed E-state index contributed by atoms with van der Waals surface area (Å²) in [5, 5.41) is 15.6. The fourth-order valence-corrected chi connectivity index (χ4v) is 12.2. The van der Waals surface area contributed by atoms with Crippen molar-refractivity contribution in [2.75, 3.05) is 0 Å². The van der Waals surface area contributed by atoms with Crippen LogP contribution in [0.4, 0.5) is 0 Å². The van der Waals surface area contributed by atoms with Crippen LogP contribution in [0.15, 0.2) is 227 Å². The topological polar surface area (TPSA) is 59.8 Å². The Morgan fingerprint density at radius 2 is 1.12 bits per heavy atom. The number of amidine groups is 2. The molecular weight excluding hydrogens is 851 g/mol. The van der Waals surface area contributed by atoms with E-state index in [0.717, 1.165) is 77.5 Å². The number of nitrogens with one attached hydrogen (secondary N) is 1. The summed E-state index contributed by atoms with van der Waals surface area (Å²) in [5.41, 5.74) is 11.0. The Morgan fingerprint density at radius 3 is 1.97 bits per heavy atom. The number of hydrogen-bond acceptors (Lipinski definition) is 5. The second-order valence-corrected chi connectivity index (χ2v) is 18.8. The molecule has 7 heteroatoms. The molecule has 68 heavy (non-hydrogen) atoms. The monoisotopic (exact) mass is 887 g/mol. The predicted molar refractivity (Wildman–Crippen MR) is 285 cm³/mol. The maximum atomic E-state index is 6.95. The van der Waals surface area contributed by atoms with Crippen LogP contribution in [0.25, 0.3) is 108 Å². The van der Waals surface area contributed by atoms with Crippen molar-refractivity contribution < 1.29 is 4.42 Å². The molecule has 0 saturated carbocycles. The van der Waals surface area contributed by atoms with E-state index in [1.807, 2.05) is 17.4 Å². The summed E-state index contributed by atoms with van der Waals surface area (Å²) < 4.78 is 14.2. The van der Waals surface area contributed by atoms with Crippen LogP contribution in [0.2, 0.25) is 0 Å². The maximum absolute atomic E-state index is 6.95. The molecule has 318 valence electrons. The molecule has 1 unspecified atom stereocenters. The lowest BCUT2D eigenvalue weighted by Gasteiger charge is -2.25. The van der Waals surface area contributed by atoms with Gasteiger partial charge in [-0.2, -0.15) is 0 Å². The number of aromatic nitrogens is 2. The number of furan rings is 1. The first-order valence-electron chi connectivity index (χ1n) is 23.0. The molecule has 0 saturated heterocycles. The van der Waals surface area contributed by atoms with Crippen LogP contribution in [0.5, 0.6) is 0 Å². The Morgan fingerprint density at radius 1 is 0.456 bits per heavy atom. The van der Waals surface area contributed by atoms with Crippen molar-refractivity contribution in [1.29, 1.82) is 0 Å². The lowest BCUT2D eigenvalue weighted by atomic mass is 10.0. The van der Waals surface area contributed by atoms with Gasteiger partial charge in [-0.3, -0.25) is 0 Å². The average Bonchev–Trinajstić information content (AvgIpc) is 4.15. The number of para-hydroxylation sites is 5. The summed E-state index contributed by atoms with van der Waals surface area (Å²) in [7, 11) is 0. The molecule has 4 aromatic heterocycles. The van der Waals surface area contributed by atoms with E-state index in [-0.39, 0.29) is 0 Å². The van der Waals surface area contributed by atoms with E-state index in [0.29, 0.717) is 11.7 Å². The summed E-state index contributed by atoms with van der Waals surface area (Å²) in [6, 6.07) is 76.0. The first-order chi connectivity index (χ1) is 33.7. The van der Waals surface area contributed by atoms with E-state index in [1.165, 1.54) is 47.1 Å². The van der Waals surface area contributed by atoms with Crippen molar-refractivity contribution in [3.8, 4) is 11.4 Å². The van der Waals surface area contributed by atoms with Crippen LogP contribution < -0.4 is 5.32 Å². The molecule has 0 spiro atoms. The first-order valence-corrected chi connectivity index (χ1v) is 23.8. The Balaban J connectivity index is 1.04. The van der Waals surface area contributed by atoms with E-state index in [4.69, 9.17) is 14.4 Å². The second-order valence-electron chi connectivity index (χ2n) is 17.7. The fourth-order valence-electron chi connectivity index (χ4n) is 10.9. The molecule has 1 N–H and O–H groups in total. The van der Waals surface area contributed by atoms with Crippen LogP contribution in [0.1, 0.15) is 22.9 Å². The Bertz CT molecular complexity index is 4490. The van der Waals surface area contributed by atoms with E-state index in [1.54, 1.807) is 0 Å². The van der Waals surface area contributed by atoms with E-state index in [9.17, 15) is 0 Å². The van der Waals surface area contributed by atoms with Gasteiger partial charge >= 0.3 is 0 Å². The Kier molecular flexibility index (Phi) is 7.91. The van der Waals surface area contributed by atoms with Gasteiger partial charge in [0.1, 0.15) is 23.2 Å². The zero-order valence-corrected chi connectivity index (χ0v) is 37.2. The Labute approximate surface area is 392 Å². The van der Waals surface area contributed by atoms with E-state index < -0.39 is 6.17 Å². The molecule has 1 atom stereocenters. The molecule has 0 fully saturated rings. The van der Waals surface area contributed by atoms with Gasteiger partial charge in [-0.05, 0) is 77.5 Å².